The first kappa shape index (κ1) is 15.9. The molecule has 0 aromatic rings. The van der Waals surface area contributed by atoms with Crippen molar-refractivity contribution in [3.8, 4) is 0 Å². The van der Waals surface area contributed by atoms with Gasteiger partial charge in [-0.05, 0) is 13.3 Å². The maximum Gasteiger partial charge on any atom is 0.276 e. The van der Waals surface area contributed by atoms with E-state index in [1.165, 1.54) is 0 Å². The Hall–Kier alpha value is -1.15. The van der Waals surface area contributed by atoms with E-state index in [-0.39, 0.29) is 19.0 Å². The van der Waals surface area contributed by atoms with Gasteiger partial charge < -0.3 is 10.6 Å². The highest BCUT2D eigenvalue weighted by molar-refractivity contribution is 7.87. The molecule has 17 heavy (non-hydrogen) atoms. The molecule has 0 heterocycles. The number of amides is 2. The van der Waals surface area contributed by atoms with Crippen molar-refractivity contribution < 1.29 is 22.6 Å². The molecule has 0 aliphatic carbocycles. The van der Waals surface area contributed by atoms with Crippen LogP contribution in [0.2, 0.25) is 0 Å². The second kappa shape index (κ2) is 7.23. The van der Waals surface area contributed by atoms with Gasteiger partial charge in [-0.1, -0.05) is 6.92 Å². The molecule has 7 nitrogen and oxygen atoms in total. The number of hydrogen-bond donors (Lipinski definition) is 3. The van der Waals surface area contributed by atoms with E-state index in [0.717, 1.165) is 13.3 Å². The van der Waals surface area contributed by atoms with Gasteiger partial charge in [0, 0.05) is 19.5 Å². The van der Waals surface area contributed by atoms with Gasteiger partial charge in [-0.2, -0.15) is 8.42 Å². The van der Waals surface area contributed by atoms with E-state index in [2.05, 4.69) is 10.6 Å². The number of hydrogen-bond acceptors (Lipinski definition) is 4. The van der Waals surface area contributed by atoms with Gasteiger partial charge in [-0.15, -0.1) is 0 Å². The van der Waals surface area contributed by atoms with Gasteiger partial charge in [-0.3, -0.25) is 14.1 Å². The summed E-state index contributed by atoms with van der Waals surface area (Å²) in [5, 5.41) is 3.34. The summed E-state index contributed by atoms with van der Waals surface area (Å²) >= 11 is 0. The maximum absolute atomic E-state index is 11.2. The molecule has 100 valence electrons. The second-order valence-corrected chi connectivity index (χ2v) is 5.29. The Bertz CT molecular complexity index is 366. The molecule has 0 saturated heterocycles. The van der Waals surface area contributed by atoms with Crippen molar-refractivity contribution in [2.75, 3.05) is 13.1 Å². The maximum atomic E-state index is 11.2. The van der Waals surface area contributed by atoms with Crippen molar-refractivity contribution in [2.45, 2.75) is 31.9 Å². The topological polar surface area (TPSA) is 113 Å². The Morgan fingerprint density at radius 3 is 2.24 bits per heavy atom. The third-order valence-electron chi connectivity index (χ3n) is 2.04. The molecule has 1 atom stereocenters. The lowest BCUT2D eigenvalue weighted by Crippen LogP contribution is -2.41. The summed E-state index contributed by atoms with van der Waals surface area (Å²) in [6.45, 7) is 3.30. The minimum Gasteiger partial charge on any atom is -0.354 e. The van der Waals surface area contributed by atoms with Crippen LogP contribution in [0.25, 0.3) is 0 Å². The molecule has 1 unspecified atom stereocenters. The summed E-state index contributed by atoms with van der Waals surface area (Å²) in [6.07, 6.45) is 1.15. The summed E-state index contributed by atoms with van der Waals surface area (Å²) in [4.78, 5) is 22.2. The lowest BCUT2D eigenvalue weighted by molar-refractivity contribution is -0.122. The zero-order valence-corrected chi connectivity index (χ0v) is 10.7. The van der Waals surface area contributed by atoms with E-state index in [4.69, 9.17) is 4.55 Å². The van der Waals surface area contributed by atoms with Crippen LogP contribution >= 0.6 is 0 Å². The smallest absolute Gasteiger partial charge is 0.276 e. The van der Waals surface area contributed by atoms with Crippen molar-refractivity contribution >= 4 is 21.9 Å². The lowest BCUT2D eigenvalue weighted by Gasteiger charge is -2.09. The van der Waals surface area contributed by atoms with Gasteiger partial charge in [0.2, 0.25) is 11.8 Å². The first-order valence-electron chi connectivity index (χ1n) is 5.29. The molecule has 0 rings (SSSR count). The van der Waals surface area contributed by atoms with Crippen molar-refractivity contribution in [1.82, 2.24) is 10.6 Å². The molecular formula is C9H18N2O5S. The van der Waals surface area contributed by atoms with E-state index in [1.807, 2.05) is 6.92 Å². The molecule has 8 heteroatoms. The number of carbonyl (C=O) groups is 2. The molecule has 0 aliphatic rings. The normalized spacial score (nSPS) is 12.9. The molecular weight excluding hydrogens is 248 g/mol. The molecule has 0 fully saturated rings. The quantitative estimate of drug-likeness (QED) is 0.416. The molecule has 0 radical (unpaired) electrons. The Kier molecular flexibility index (Phi) is 6.74. The Labute approximate surface area is 101 Å². The van der Waals surface area contributed by atoms with Crippen molar-refractivity contribution in [2.24, 2.45) is 0 Å². The van der Waals surface area contributed by atoms with Crippen LogP contribution in [0.3, 0.4) is 0 Å². The molecule has 0 bridgehead atoms. The average Bonchev–Trinajstić information content (AvgIpc) is 2.22. The fourth-order valence-electron chi connectivity index (χ4n) is 0.982. The second-order valence-electron chi connectivity index (χ2n) is 3.55. The number of rotatable bonds is 7. The third-order valence-corrected chi connectivity index (χ3v) is 3.15. The molecule has 0 aromatic carbocycles. The highest BCUT2D eigenvalue weighted by atomic mass is 32.2. The van der Waals surface area contributed by atoms with Gasteiger partial charge in [-0.25, -0.2) is 0 Å². The van der Waals surface area contributed by atoms with Crippen LogP contribution < -0.4 is 10.6 Å². The number of nitrogens with one attached hydrogen (secondary N) is 2. The zero-order chi connectivity index (χ0) is 13.5. The van der Waals surface area contributed by atoms with Crippen LogP contribution in [0.15, 0.2) is 0 Å². The first-order valence-corrected chi connectivity index (χ1v) is 6.80. The first-order chi connectivity index (χ1) is 7.79. The minimum atomic E-state index is -4.36. The highest BCUT2D eigenvalue weighted by Crippen LogP contribution is 1.96. The fourth-order valence-corrected chi connectivity index (χ4v) is 1.34. The summed E-state index contributed by atoms with van der Waals surface area (Å²) in [7, 11) is -4.36. The fraction of sp³-hybridized carbons (Fsp3) is 0.778. The summed E-state index contributed by atoms with van der Waals surface area (Å²) in [6, 6.07) is 0. The molecule has 3 N–H and O–H groups in total. The van der Waals surface area contributed by atoms with E-state index >= 15 is 0 Å². The summed E-state index contributed by atoms with van der Waals surface area (Å²) < 4.78 is 29.9. The van der Waals surface area contributed by atoms with E-state index < -0.39 is 21.3 Å². The van der Waals surface area contributed by atoms with Crippen LogP contribution in [0, 0.1) is 0 Å². The van der Waals surface area contributed by atoms with Crippen molar-refractivity contribution in [3.63, 3.8) is 0 Å². The Morgan fingerprint density at radius 1 is 1.24 bits per heavy atom. The predicted octanol–water partition coefficient (Wildman–Crippen LogP) is -0.705. The standard InChI is InChI=1S/C9H18N2O5S/c1-3-4-8(12)10-5-6-11-9(13)7(2)17(14,15)16/h7H,3-6H2,1-2H3,(H,10,12)(H,11,13)(H,14,15,16). The van der Waals surface area contributed by atoms with Crippen LogP contribution in [0.1, 0.15) is 26.7 Å². The molecule has 2 amide bonds. The average molecular weight is 266 g/mol. The van der Waals surface area contributed by atoms with Gasteiger partial charge >= 0.3 is 0 Å². The third kappa shape index (κ3) is 6.90. The predicted molar refractivity (Wildman–Crippen MR) is 61.9 cm³/mol. The molecule has 0 aliphatic heterocycles. The van der Waals surface area contributed by atoms with Crippen LogP contribution in [-0.2, 0) is 19.7 Å². The largest absolute Gasteiger partial charge is 0.354 e. The Balaban J connectivity index is 3.84. The minimum absolute atomic E-state index is 0.119. The van der Waals surface area contributed by atoms with Crippen LogP contribution in [0.4, 0.5) is 0 Å². The van der Waals surface area contributed by atoms with Crippen LogP contribution in [0.5, 0.6) is 0 Å². The Morgan fingerprint density at radius 2 is 1.76 bits per heavy atom. The van der Waals surface area contributed by atoms with E-state index in [1.54, 1.807) is 0 Å². The SMILES string of the molecule is CCCC(=O)NCCNC(=O)C(C)S(=O)(=O)O. The monoisotopic (exact) mass is 266 g/mol. The van der Waals surface area contributed by atoms with Gasteiger partial charge in [0.15, 0.2) is 5.25 Å². The highest BCUT2D eigenvalue weighted by Gasteiger charge is 2.25. The van der Waals surface area contributed by atoms with Gasteiger partial charge in [0.05, 0.1) is 0 Å². The van der Waals surface area contributed by atoms with Crippen molar-refractivity contribution in [3.05, 3.63) is 0 Å². The molecule has 0 saturated carbocycles. The van der Waals surface area contributed by atoms with Gasteiger partial charge in [0.25, 0.3) is 10.1 Å². The van der Waals surface area contributed by atoms with Crippen LogP contribution in [-0.4, -0.2) is 43.1 Å². The van der Waals surface area contributed by atoms with E-state index in [0.29, 0.717) is 6.42 Å². The van der Waals surface area contributed by atoms with Crippen molar-refractivity contribution in [1.29, 1.82) is 0 Å². The zero-order valence-electron chi connectivity index (χ0n) is 9.89. The summed E-state index contributed by atoms with van der Waals surface area (Å²) in [5.74, 6) is -0.915. The molecule has 0 aromatic heterocycles. The number of carbonyl (C=O) groups excluding carboxylic acids is 2. The summed E-state index contributed by atoms with van der Waals surface area (Å²) in [5.41, 5.74) is 0. The molecule has 0 spiro atoms. The lowest BCUT2D eigenvalue weighted by atomic mass is 10.3. The van der Waals surface area contributed by atoms with Gasteiger partial charge in [0.1, 0.15) is 0 Å². The van der Waals surface area contributed by atoms with E-state index in [9.17, 15) is 18.0 Å².